The molecular weight excluding hydrogens is 414 g/mol. The van der Waals surface area contributed by atoms with E-state index in [0.29, 0.717) is 5.02 Å². The molecule has 1 aromatic heterocycles. The molecule has 0 saturated carbocycles. The van der Waals surface area contributed by atoms with Crippen LogP contribution in [0.2, 0.25) is 5.02 Å². The number of sulfone groups is 1. The molecule has 29 heavy (non-hydrogen) atoms. The first-order valence-electron chi connectivity index (χ1n) is 8.90. The van der Waals surface area contributed by atoms with Crippen molar-refractivity contribution in [2.75, 3.05) is 5.32 Å². The van der Waals surface area contributed by atoms with Gasteiger partial charge in [0.15, 0.2) is 15.7 Å². The Morgan fingerprint density at radius 2 is 1.86 bits per heavy atom. The van der Waals surface area contributed by atoms with Crippen molar-refractivity contribution in [1.29, 1.82) is 0 Å². The number of halogens is 1. The average molecular weight is 434 g/mol. The van der Waals surface area contributed by atoms with Crippen LogP contribution in [0.1, 0.15) is 29.3 Å². The maximum absolute atomic E-state index is 12.4. The predicted octanol–water partition coefficient (Wildman–Crippen LogP) is 3.89. The van der Waals surface area contributed by atoms with E-state index in [1.165, 1.54) is 24.3 Å². The van der Waals surface area contributed by atoms with Crippen LogP contribution in [0.15, 0.2) is 51.9 Å². The summed E-state index contributed by atoms with van der Waals surface area (Å²) in [5.41, 5.74) is 2.78. The van der Waals surface area contributed by atoms with Crippen molar-refractivity contribution in [3.8, 4) is 0 Å². The normalized spacial score (nSPS) is 11.4. The van der Waals surface area contributed by atoms with Gasteiger partial charge >= 0.3 is 0 Å². The van der Waals surface area contributed by atoms with Gasteiger partial charge in [-0.2, -0.15) is 4.98 Å². The van der Waals surface area contributed by atoms with E-state index in [0.717, 1.165) is 16.8 Å². The average Bonchev–Trinajstić information content (AvgIpc) is 3.10. The molecule has 0 spiro atoms. The molecule has 2 aromatic carbocycles. The molecule has 3 aromatic rings. The second-order valence-electron chi connectivity index (χ2n) is 6.68. The van der Waals surface area contributed by atoms with Gasteiger partial charge in [-0.3, -0.25) is 4.79 Å². The molecule has 0 bridgehead atoms. The number of aromatic nitrogens is 2. The maximum Gasteiger partial charge on any atom is 0.227 e. The Labute approximate surface area is 174 Å². The van der Waals surface area contributed by atoms with Gasteiger partial charge in [0.1, 0.15) is 5.75 Å². The number of nitrogens with one attached hydrogen (secondary N) is 1. The first-order chi connectivity index (χ1) is 13.7. The van der Waals surface area contributed by atoms with E-state index in [1.54, 1.807) is 0 Å². The Hall–Kier alpha value is -2.71. The van der Waals surface area contributed by atoms with E-state index in [9.17, 15) is 13.2 Å². The molecule has 0 fully saturated rings. The highest BCUT2D eigenvalue weighted by Gasteiger charge is 2.19. The monoisotopic (exact) mass is 433 g/mol. The van der Waals surface area contributed by atoms with Crippen LogP contribution in [0.5, 0.6) is 0 Å². The third-order valence-electron chi connectivity index (χ3n) is 4.24. The molecule has 3 rings (SSSR count). The number of anilines is 1. The van der Waals surface area contributed by atoms with Gasteiger partial charge in [0.05, 0.1) is 4.90 Å². The van der Waals surface area contributed by atoms with Gasteiger partial charge < -0.3 is 9.84 Å². The first kappa shape index (κ1) is 21.0. The molecule has 1 heterocycles. The van der Waals surface area contributed by atoms with Crippen molar-refractivity contribution in [1.82, 2.24) is 10.1 Å². The van der Waals surface area contributed by atoms with Crippen molar-refractivity contribution in [3.63, 3.8) is 0 Å². The summed E-state index contributed by atoms with van der Waals surface area (Å²) in [5.74, 6) is -0.327. The van der Waals surface area contributed by atoms with Crippen LogP contribution in [0, 0.1) is 13.8 Å². The van der Waals surface area contributed by atoms with Crippen LogP contribution in [0.25, 0.3) is 0 Å². The fourth-order valence-corrected chi connectivity index (χ4v) is 3.95. The third-order valence-corrected chi connectivity index (χ3v) is 6.12. The molecule has 7 nitrogen and oxygen atoms in total. The van der Waals surface area contributed by atoms with E-state index in [1.807, 2.05) is 32.0 Å². The quantitative estimate of drug-likeness (QED) is 0.606. The third kappa shape index (κ3) is 5.65. The summed E-state index contributed by atoms with van der Waals surface area (Å²) in [5, 5.41) is 7.01. The summed E-state index contributed by atoms with van der Waals surface area (Å²) < 4.78 is 29.9. The molecule has 1 N–H and O–H groups in total. The minimum absolute atomic E-state index is 0.0462. The van der Waals surface area contributed by atoms with Crippen molar-refractivity contribution in [3.05, 3.63) is 70.3 Å². The molecule has 1 amide bonds. The van der Waals surface area contributed by atoms with Crippen molar-refractivity contribution < 1.29 is 17.7 Å². The molecule has 152 valence electrons. The van der Waals surface area contributed by atoms with Crippen LogP contribution in [-0.4, -0.2) is 24.5 Å². The Kier molecular flexibility index (Phi) is 6.34. The van der Waals surface area contributed by atoms with Crippen LogP contribution in [-0.2, 0) is 26.8 Å². The molecule has 0 atom stereocenters. The lowest BCUT2D eigenvalue weighted by Crippen LogP contribution is -2.13. The first-order valence-corrected chi connectivity index (χ1v) is 10.9. The molecule has 0 saturated heterocycles. The summed E-state index contributed by atoms with van der Waals surface area (Å²) in [6.07, 6.45) is 0.351. The van der Waals surface area contributed by atoms with Crippen molar-refractivity contribution >= 4 is 33.0 Å². The number of hydrogen-bond donors (Lipinski definition) is 1. The fraction of sp³-hybridized carbons (Fsp3) is 0.250. The molecule has 0 aliphatic heterocycles. The Morgan fingerprint density at radius 1 is 1.14 bits per heavy atom. The van der Waals surface area contributed by atoms with Crippen LogP contribution < -0.4 is 5.32 Å². The van der Waals surface area contributed by atoms with E-state index in [2.05, 4.69) is 15.5 Å². The lowest BCUT2D eigenvalue weighted by molar-refractivity contribution is -0.116. The standard InChI is InChI=1S/C20H20ClN3O4S/c1-13-3-4-14(2)17(11-13)22-19(25)9-10-20-23-18(24-28-20)12-29(26,27)16-7-5-15(21)6-8-16/h3-8,11H,9-10,12H2,1-2H3,(H,22,25). The minimum Gasteiger partial charge on any atom is -0.339 e. The van der Waals surface area contributed by atoms with Gasteiger partial charge in [-0.15, -0.1) is 0 Å². The van der Waals surface area contributed by atoms with E-state index in [4.69, 9.17) is 16.1 Å². The predicted molar refractivity (Wildman–Crippen MR) is 110 cm³/mol. The topological polar surface area (TPSA) is 102 Å². The summed E-state index contributed by atoms with van der Waals surface area (Å²) in [6, 6.07) is 11.7. The maximum atomic E-state index is 12.4. The van der Waals surface area contributed by atoms with Gasteiger partial charge in [-0.25, -0.2) is 8.42 Å². The molecular formula is C20H20ClN3O4S. The molecule has 0 radical (unpaired) electrons. The summed E-state index contributed by atoms with van der Waals surface area (Å²) in [6.45, 7) is 3.87. The van der Waals surface area contributed by atoms with Crippen LogP contribution in [0.3, 0.4) is 0 Å². The summed E-state index contributed by atoms with van der Waals surface area (Å²) in [7, 11) is -3.62. The fourth-order valence-electron chi connectivity index (χ4n) is 2.65. The van der Waals surface area contributed by atoms with Gasteiger partial charge in [0.2, 0.25) is 11.8 Å². The highest BCUT2D eigenvalue weighted by atomic mass is 35.5. The minimum atomic E-state index is -3.62. The number of hydrogen-bond acceptors (Lipinski definition) is 6. The number of aryl methyl sites for hydroxylation is 3. The molecule has 9 heteroatoms. The Balaban J connectivity index is 1.58. The lowest BCUT2D eigenvalue weighted by atomic mass is 10.1. The largest absolute Gasteiger partial charge is 0.339 e. The highest BCUT2D eigenvalue weighted by Crippen LogP contribution is 2.19. The highest BCUT2D eigenvalue weighted by molar-refractivity contribution is 7.90. The molecule has 0 aliphatic carbocycles. The number of benzene rings is 2. The number of carbonyl (C=O) groups excluding carboxylic acids is 1. The zero-order chi connectivity index (χ0) is 21.0. The second-order valence-corrected chi connectivity index (χ2v) is 9.11. The van der Waals surface area contributed by atoms with E-state index in [-0.39, 0.29) is 35.4 Å². The van der Waals surface area contributed by atoms with Crippen molar-refractivity contribution in [2.45, 2.75) is 37.3 Å². The summed E-state index contributed by atoms with van der Waals surface area (Å²) in [4.78, 5) is 16.4. The van der Waals surface area contributed by atoms with Gasteiger partial charge in [0.25, 0.3) is 0 Å². The number of rotatable bonds is 7. The molecule has 0 aliphatic rings. The SMILES string of the molecule is Cc1ccc(C)c(NC(=O)CCc2nc(CS(=O)(=O)c3ccc(Cl)cc3)no2)c1. The van der Waals surface area contributed by atoms with E-state index >= 15 is 0 Å². The smallest absolute Gasteiger partial charge is 0.227 e. The van der Waals surface area contributed by atoms with Gasteiger partial charge in [-0.1, -0.05) is 28.9 Å². The number of amides is 1. The number of nitrogens with zero attached hydrogens (tertiary/aromatic N) is 2. The van der Waals surface area contributed by atoms with Gasteiger partial charge in [0, 0.05) is 23.6 Å². The lowest BCUT2D eigenvalue weighted by Gasteiger charge is -2.08. The summed E-state index contributed by atoms with van der Waals surface area (Å²) >= 11 is 5.79. The Bertz CT molecular complexity index is 1120. The van der Waals surface area contributed by atoms with Gasteiger partial charge in [-0.05, 0) is 55.3 Å². The Morgan fingerprint density at radius 3 is 2.59 bits per heavy atom. The van der Waals surface area contributed by atoms with Crippen molar-refractivity contribution in [2.24, 2.45) is 0 Å². The zero-order valence-corrected chi connectivity index (χ0v) is 17.5. The second kappa shape index (κ2) is 8.75. The van der Waals surface area contributed by atoms with E-state index < -0.39 is 15.6 Å². The molecule has 0 unspecified atom stereocenters. The zero-order valence-electron chi connectivity index (χ0n) is 16.0. The van der Waals surface area contributed by atoms with Crippen LogP contribution >= 0.6 is 11.6 Å². The number of carbonyl (C=O) groups is 1. The van der Waals surface area contributed by atoms with Crippen LogP contribution in [0.4, 0.5) is 5.69 Å².